The highest BCUT2D eigenvalue weighted by atomic mass is 16.6. The summed E-state index contributed by atoms with van der Waals surface area (Å²) in [6, 6.07) is 17.2. The minimum atomic E-state index is -0.579. The Balaban J connectivity index is 1.68. The zero-order chi connectivity index (χ0) is 29.1. The first-order valence-electron chi connectivity index (χ1n) is 12.9. The lowest BCUT2D eigenvalue weighted by molar-refractivity contribution is -0.144. The molecule has 1 aliphatic carbocycles. The maximum Gasteiger partial charge on any atom is 0.338 e. The van der Waals surface area contributed by atoms with Gasteiger partial charge in [0.1, 0.15) is 17.6 Å². The lowest BCUT2D eigenvalue weighted by atomic mass is 9.93. The average molecular weight is 537 g/mol. The first kappa shape index (κ1) is 28.3. The molecule has 6 nitrogen and oxygen atoms in total. The Labute approximate surface area is 234 Å². The van der Waals surface area contributed by atoms with E-state index in [9.17, 15) is 14.4 Å². The van der Waals surface area contributed by atoms with Crippen LogP contribution in [0.5, 0.6) is 11.5 Å². The van der Waals surface area contributed by atoms with Crippen LogP contribution >= 0.6 is 0 Å². The Morgan fingerprint density at radius 1 is 0.700 bits per heavy atom. The minimum absolute atomic E-state index is 0.228. The molecule has 0 fully saturated rings. The number of ether oxygens (including phenoxy) is 3. The van der Waals surface area contributed by atoms with Crippen LogP contribution in [0.1, 0.15) is 50.0 Å². The first-order valence-corrected chi connectivity index (χ1v) is 12.9. The van der Waals surface area contributed by atoms with Gasteiger partial charge in [0.05, 0.1) is 0 Å². The summed E-state index contributed by atoms with van der Waals surface area (Å²) >= 11 is 0. The van der Waals surface area contributed by atoms with Crippen molar-refractivity contribution in [1.29, 1.82) is 0 Å². The van der Waals surface area contributed by atoms with Gasteiger partial charge in [-0.05, 0) is 97.7 Å². The zero-order valence-electron chi connectivity index (χ0n) is 23.3. The smallest absolute Gasteiger partial charge is 0.338 e. The quantitative estimate of drug-likeness (QED) is 0.170. The second-order valence-corrected chi connectivity index (χ2v) is 10.2. The zero-order valence-corrected chi connectivity index (χ0v) is 23.3. The van der Waals surface area contributed by atoms with Crippen molar-refractivity contribution in [3.63, 3.8) is 0 Å². The summed E-state index contributed by atoms with van der Waals surface area (Å²) in [5.41, 5.74) is 7.67. The number of rotatable bonds is 8. The van der Waals surface area contributed by atoms with Crippen LogP contribution in [-0.4, -0.2) is 17.9 Å². The summed E-state index contributed by atoms with van der Waals surface area (Å²) in [5.74, 6) is -1.08. The normalized spacial score (nSPS) is 13.7. The van der Waals surface area contributed by atoms with E-state index in [1.807, 2.05) is 25.1 Å². The number of benzene rings is 3. The van der Waals surface area contributed by atoms with Gasteiger partial charge in [0, 0.05) is 22.8 Å². The summed E-state index contributed by atoms with van der Waals surface area (Å²) in [5, 5.41) is 0. The van der Waals surface area contributed by atoms with Crippen molar-refractivity contribution in [3.8, 4) is 33.8 Å². The Bertz CT molecular complexity index is 1530. The summed E-state index contributed by atoms with van der Waals surface area (Å²) in [4.78, 5) is 36.5. The molecule has 0 radical (unpaired) electrons. The predicted molar refractivity (Wildman–Crippen MR) is 155 cm³/mol. The highest BCUT2D eigenvalue weighted by molar-refractivity contribution is 5.90. The second kappa shape index (κ2) is 11.6. The monoisotopic (exact) mass is 536 g/mol. The molecule has 1 aliphatic rings. The fraction of sp³-hybridized carbons (Fsp3) is 0.206. The van der Waals surface area contributed by atoms with Crippen LogP contribution in [0.25, 0.3) is 22.3 Å². The highest BCUT2D eigenvalue weighted by Crippen LogP contribution is 2.39. The fourth-order valence-corrected chi connectivity index (χ4v) is 4.50. The summed E-state index contributed by atoms with van der Waals surface area (Å²) in [6.07, 6.45) is 1.32. The van der Waals surface area contributed by atoms with E-state index in [1.165, 1.54) is 11.6 Å². The van der Waals surface area contributed by atoms with Crippen LogP contribution in [0, 0.1) is 6.92 Å². The van der Waals surface area contributed by atoms with Crippen LogP contribution in [0.2, 0.25) is 0 Å². The molecule has 0 bridgehead atoms. The van der Waals surface area contributed by atoms with E-state index < -0.39 is 11.9 Å². The van der Waals surface area contributed by atoms with Gasteiger partial charge >= 0.3 is 17.9 Å². The molecule has 0 spiro atoms. The predicted octanol–water partition coefficient (Wildman–Crippen LogP) is 7.40. The van der Waals surface area contributed by atoms with Crippen molar-refractivity contribution >= 4 is 17.9 Å². The maximum atomic E-state index is 12.2. The summed E-state index contributed by atoms with van der Waals surface area (Å²) in [7, 11) is 0. The largest absolute Gasteiger partial charge is 0.454 e. The Morgan fingerprint density at radius 2 is 1.27 bits per heavy atom. The van der Waals surface area contributed by atoms with E-state index in [-0.39, 0.29) is 34.7 Å². The van der Waals surface area contributed by atoms with Crippen molar-refractivity contribution in [1.82, 2.24) is 0 Å². The summed E-state index contributed by atoms with van der Waals surface area (Å²) < 4.78 is 16.6. The molecule has 204 valence electrons. The van der Waals surface area contributed by atoms with E-state index >= 15 is 0 Å². The molecule has 1 unspecified atom stereocenters. The van der Waals surface area contributed by atoms with Crippen LogP contribution in [0.4, 0.5) is 0 Å². The molecule has 6 heteroatoms. The van der Waals surface area contributed by atoms with Crippen LogP contribution < -0.4 is 9.47 Å². The number of hydrogen-bond donors (Lipinski definition) is 0. The second-order valence-electron chi connectivity index (χ2n) is 10.2. The number of aryl methyl sites for hydroxylation is 2. The van der Waals surface area contributed by atoms with Gasteiger partial charge in [0.2, 0.25) is 0 Å². The maximum absolute atomic E-state index is 12.2. The molecular weight excluding hydrogens is 504 g/mol. The molecule has 4 rings (SSSR count). The number of hydrogen-bond acceptors (Lipinski definition) is 6. The van der Waals surface area contributed by atoms with Crippen molar-refractivity contribution in [2.75, 3.05) is 0 Å². The standard InChI is InChI=1S/C34H32O6/c1-19(2)32(35)38-27-15-26(16-28(18-27)39-33(36)20(3)4)24-10-12-29(22(7)14-24)25-9-8-23-11-13-31(30(23)17-25)40-34(37)21(5)6/h8-10,12,14-18,31H,1,3,5,11,13H2,2,4,6-7H3. The van der Waals surface area contributed by atoms with Gasteiger partial charge in [0.25, 0.3) is 0 Å². The van der Waals surface area contributed by atoms with Crippen molar-refractivity contribution in [2.24, 2.45) is 0 Å². The molecule has 3 aromatic rings. The molecule has 0 saturated heterocycles. The minimum Gasteiger partial charge on any atom is -0.454 e. The topological polar surface area (TPSA) is 78.9 Å². The number of carbonyl (C=O) groups is 3. The average Bonchev–Trinajstić information content (AvgIpc) is 3.30. The van der Waals surface area contributed by atoms with Gasteiger partial charge in [-0.1, -0.05) is 50.1 Å². The molecule has 0 N–H and O–H groups in total. The van der Waals surface area contributed by atoms with Gasteiger partial charge in [-0.15, -0.1) is 0 Å². The molecule has 0 aromatic heterocycles. The number of carbonyl (C=O) groups excluding carboxylic acids is 3. The number of esters is 3. The Morgan fingerprint density at radius 3 is 1.82 bits per heavy atom. The highest BCUT2D eigenvalue weighted by Gasteiger charge is 2.26. The molecular formula is C34H32O6. The van der Waals surface area contributed by atoms with Gasteiger partial charge in [0.15, 0.2) is 0 Å². The van der Waals surface area contributed by atoms with E-state index in [1.54, 1.807) is 32.9 Å². The molecule has 3 aromatic carbocycles. The fourth-order valence-electron chi connectivity index (χ4n) is 4.50. The number of fused-ring (bicyclic) bond motifs is 1. The van der Waals surface area contributed by atoms with Crippen LogP contribution in [0.15, 0.2) is 91.1 Å². The third-order valence-corrected chi connectivity index (χ3v) is 6.64. The lowest BCUT2D eigenvalue weighted by Gasteiger charge is -2.16. The third-order valence-electron chi connectivity index (χ3n) is 6.64. The summed E-state index contributed by atoms with van der Waals surface area (Å²) in [6.45, 7) is 17.7. The molecule has 0 aliphatic heterocycles. The van der Waals surface area contributed by atoms with Crippen LogP contribution in [0.3, 0.4) is 0 Å². The molecule has 0 amide bonds. The van der Waals surface area contributed by atoms with E-state index in [0.29, 0.717) is 11.1 Å². The Hall–Kier alpha value is -4.71. The van der Waals surface area contributed by atoms with Crippen LogP contribution in [-0.2, 0) is 25.5 Å². The van der Waals surface area contributed by atoms with Crippen molar-refractivity contribution in [3.05, 3.63) is 108 Å². The molecule has 1 atom stereocenters. The van der Waals surface area contributed by atoms with E-state index in [0.717, 1.165) is 40.7 Å². The van der Waals surface area contributed by atoms with Crippen molar-refractivity contribution in [2.45, 2.75) is 46.6 Å². The lowest BCUT2D eigenvalue weighted by Crippen LogP contribution is -2.10. The van der Waals surface area contributed by atoms with Crippen molar-refractivity contribution < 1.29 is 28.6 Å². The molecule has 0 saturated carbocycles. The van der Waals surface area contributed by atoms with Gasteiger partial charge in [-0.25, -0.2) is 14.4 Å². The van der Waals surface area contributed by atoms with E-state index in [2.05, 4.69) is 37.9 Å². The third kappa shape index (κ3) is 6.29. The molecule has 0 heterocycles. The Kier molecular flexibility index (Phi) is 8.19. The van der Waals surface area contributed by atoms with Gasteiger partial charge in [-0.2, -0.15) is 0 Å². The van der Waals surface area contributed by atoms with E-state index in [4.69, 9.17) is 14.2 Å². The first-order chi connectivity index (χ1) is 18.9. The SMILES string of the molecule is C=C(C)C(=O)Oc1cc(OC(=O)C(=C)C)cc(-c2ccc(-c3ccc4c(c3)C(OC(=O)C(=C)C)CC4)c(C)c2)c1. The van der Waals surface area contributed by atoms with Gasteiger partial charge in [-0.3, -0.25) is 0 Å². The van der Waals surface area contributed by atoms with Gasteiger partial charge < -0.3 is 14.2 Å². The molecule has 40 heavy (non-hydrogen) atoms.